The summed E-state index contributed by atoms with van der Waals surface area (Å²) in [5.41, 5.74) is 2.69. The molecule has 0 saturated carbocycles. The fraction of sp³-hybridized carbons (Fsp3) is 0.211. The third kappa shape index (κ3) is 5.07. The quantitative estimate of drug-likeness (QED) is 0.637. The number of anilines is 1. The molecule has 1 heterocycles. The van der Waals surface area contributed by atoms with Gasteiger partial charge >= 0.3 is 6.03 Å². The summed E-state index contributed by atoms with van der Waals surface area (Å²) in [6.07, 6.45) is 3.77. The van der Waals surface area contributed by atoms with Crippen molar-refractivity contribution in [1.29, 1.82) is 0 Å². The smallest absolute Gasteiger partial charge is 0.319 e. The summed E-state index contributed by atoms with van der Waals surface area (Å²) in [6.45, 7) is 2.51. The van der Waals surface area contributed by atoms with E-state index in [2.05, 4.69) is 20.7 Å². The zero-order chi connectivity index (χ0) is 18.4. The molecule has 0 aliphatic heterocycles. The van der Waals surface area contributed by atoms with Gasteiger partial charge in [-0.3, -0.25) is 0 Å². The maximum atomic E-state index is 12.2. The van der Waals surface area contributed by atoms with Crippen LogP contribution in [0.3, 0.4) is 0 Å². The minimum Gasteiger partial charge on any atom is -0.508 e. The number of phenolic OH excluding ortho intramolecular Hbond substituents is 1. The number of hydrogen-bond acceptors (Lipinski definition) is 4. The second-order valence-corrected chi connectivity index (χ2v) is 6.17. The molecule has 2 amide bonds. The van der Waals surface area contributed by atoms with Gasteiger partial charge in [-0.25, -0.2) is 14.5 Å². The molecule has 1 aromatic heterocycles. The van der Waals surface area contributed by atoms with Gasteiger partial charge < -0.3 is 15.7 Å². The van der Waals surface area contributed by atoms with E-state index >= 15 is 0 Å². The van der Waals surface area contributed by atoms with Crippen molar-refractivity contribution in [1.82, 2.24) is 20.1 Å². The van der Waals surface area contributed by atoms with Crippen molar-refractivity contribution in [3.8, 4) is 5.75 Å². The number of nitrogens with one attached hydrogen (secondary N) is 2. The third-order valence-electron chi connectivity index (χ3n) is 3.83. The first kappa shape index (κ1) is 17.5. The van der Waals surface area contributed by atoms with Crippen LogP contribution >= 0.6 is 0 Å². The topological polar surface area (TPSA) is 92.1 Å². The SMILES string of the molecule is CC(Cc1cccc(O)c1)NC(=O)Nc1cccc(Cn2cncn2)c1. The summed E-state index contributed by atoms with van der Waals surface area (Å²) < 4.78 is 1.72. The largest absolute Gasteiger partial charge is 0.508 e. The number of hydrogen-bond donors (Lipinski definition) is 3. The number of amides is 2. The number of phenols is 1. The van der Waals surface area contributed by atoms with Crippen LogP contribution in [0.1, 0.15) is 18.1 Å². The highest BCUT2D eigenvalue weighted by atomic mass is 16.3. The Hall–Kier alpha value is -3.35. The minimum absolute atomic E-state index is 0.0740. The lowest BCUT2D eigenvalue weighted by molar-refractivity contribution is 0.249. The number of aromatic nitrogens is 3. The second-order valence-electron chi connectivity index (χ2n) is 6.17. The van der Waals surface area contributed by atoms with Gasteiger partial charge in [-0.2, -0.15) is 5.10 Å². The van der Waals surface area contributed by atoms with Gasteiger partial charge in [0.2, 0.25) is 0 Å². The molecule has 0 fully saturated rings. The molecular weight excluding hydrogens is 330 g/mol. The Morgan fingerprint density at radius 1 is 1.19 bits per heavy atom. The van der Waals surface area contributed by atoms with Gasteiger partial charge in [-0.1, -0.05) is 24.3 Å². The van der Waals surface area contributed by atoms with Crippen LogP contribution in [0, 0.1) is 0 Å². The number of carbonyl (C=O) groups excluding carboxylic acids is 1. The Morgan fingerprint density at radius 3 is 2.77 bits per heavy atom. The van der Waals surface area contributed by atoms with E-state index in [1.54, 1.807) is 29.2 Å². The average molecular weight is 351 g/mol. The van der Waals surface area contributed by atoms with Crippen molar-refractivity contribution in [3.05, 3.63) is 72.3 Å². The number of nitrogens with zero attached hydrogens (tertiary/aromatic N) is 3. The predicted octanol–water partition coefficient (Wildman–Crippen LogP) is 2.78. The zero-order valence-corrected chi connectivity index (χ0v) is 14.5. The monoisotopic (exact) mass is 351 g/mol. The maximum absolute atomic E-state index is 12.2. The fourth-order valence-corrected chi connectivity index (χ4v) is 2.73. The molecule has 1 atom stereocenters. The van der Waals surface area contributed by atoms with Crippen molar-refractivity contribution in [2.24, 2.45) is 0 Å². The molecular formula is C19H21N5O2. The van der Waals surface area contributed by atoms with E-state index in [9.17, 15) is 9.90 Å². The Balaban J connectivity index is 1.54. The molecule has 0 radical (unpaired) electrons. The van der Waals surface area contributed by atoms with Crippen LogP contribution in [0.15, 0.2) is 61.2 Å². The van der Waals surface area contributed by atoms with Crippen LogP contribution in [-0.4, -0.2) is 31.9 Å². The molecule has 134 valence electrons. The summed E-state index contributed by atoms with van der Waals surface area (Å²) in [6, 6.07) is 14.3. The van der Waals surface area contributed by atoms with E-state index in [4.69, 9.17) is 0 Å². The summed E-state index contributed by atoms with van der Waals surface area (Å²) in [5.74, 6) is 0.225. The fourth-order valence-electron chi connectivity index (χ4n) is 2.73. The highest BCUT2D eigenvalue weighted by Crippen LogP contribution is 2.13. The third-order valence-corrected chi connectivity index (χ3v) is 3.83. The second kappa shape index (κ2) is 8.15. The zero-order valence-electron chi connectivity index (χ0n) is 14.5. The number of aromatic hydroxyl groups is 1. The van der Waals surface area contributed by atoms with Crippen molar-refractivity contribution >= 4 is 11.7 Å². The minimum atomic E-state index is -0.268. The molecule has 3 N–H and O–H groups in total. The maximum Gasteiger partial charge on any atom is 0.319 e. The molecule has 26 heavy (non-hydrogen) atoms. The molecule has 7 heteroatoms. The predicted molar refractivity (Wildman–Crippen MR) is 99.0 cm³/mol. The number of carbonyl (C=O) groups is 1. The molecule has 3 rings (SSSR count). The lowest BCUT2D eigenvalue weighted by atomic mass is 10.1. The summed E-state index contributed by atoms with van der Waals surface area (Å²) in [7, 11) is 0. The van der Waals surface area contributed by atoms with Crippen LogP contribution in [0.5, 0.6) is 5.75 Å². The van der Waals surface area contributed by atoms with Crippen molar-refractivity contribution in [2.75, 3.05) is 5.32 Å². The van der Waals surface area contributed by atoms with E-state index < -0.39 is 0 Å². The Labute approximate surface area is 151 Å². The lowest BCUT2D eigenvalue weighted by Gasteiger charge is -2.15. The van der Waals surface area contributed by atoms with Crippen molar-refractivity contribution < 1.29 is 9.90 Å². The molecule has 0 spiro atoms. The Bertz CT molecular complexity index is 864. The van der Waals surface area contributed by atoms with Gasteiger partial charge in [0.05, 0.1) is 6.54 Å². The standard InChI is InChI=1S/C19H21N5O2/c1-14(8-15-4-3-7-18(25)10-15)22-19(26)23-17-6-2-5-16(9-17)11-24-13-20-12-21-24/h2-7,9-10,12-14,25H,8,11H2,1H3,(H2,22,23,26). The van der Waals surface area contributed by atoms with Gasteiger partial charge in [0, 0.05) is 11.7 Å². The van der Waals surface area contributed by atoms with Gasteiger partial charge in [-0.15, -0.1) is 0 Å². The molecule has 0 aliphatic rings. The van der Waals surface area contributed by atoms with E-state index in [0.717, 1.165) is 11.1 Å². The Kier molecular flexibility index (Phi) is 5.48. The summed E-state index contributed by atoms with van der Waals surface area (Å²) in [4.78, 5) is 16.1. The van der Waals surface area contributed by atoms with Crippen LogP contribution in [-0.2, 0) is 13.0 Å². The van der Waals surface area contributed by atoms with E-state index in [-0.39, 0.29) is 17.8 Å². The van der Waals surface area contributed by atoms with Crippen LogP contribution < -0.4 is 10.6 Å². The van der Waals surface area contributed by atoms with Crippen LogP contribution in [0.25, 0.3) is 0 Å². The Morgan fingerprint density at radius 2 is 2.00 bits per heavy atom. The van der Waals surface area contributed by atoms with Gasteiger partial charge in [-0.05, 0) is 48.7 Å². The summed E-state index contributed by atoms with van der Waals surface area (Å²) in [5, 5.41) is 19.3. The first-order chi connectivity index (χ1) is 12.6. The molecule has 2 aromatic carbocycles. The molecule has 0 aliphatic carbocycles. The van der Waals surface area contributed by atoms with Gasteiger partial charge in [0.1, 0.15) is 18.4 Å². The molecule has 0 bridgehead atoms. The molecule has 3 aromatic rings. The first-order valence-electron chi connectivity index (χ1n) is 8.35. The number of benzene rings is 2. The molecule has 0 saturated heterocycles. The summed E-state index contributed by atoms with van der Waals surface area (Å²) >= 11 is 0. The molecule has 7 nitrogen and oxygen atoms in total. The lowest BCUT2D eigenvalue weighted by Crippen LogP contribution is -2.37. The van der Waals surface area contributed by atoms with E-state index in [0.29, 0.717) is 18.7 Å². The van der Waals surface area contributed by atoms with Crippen molar-refractivity contribution in [2.45, 2.75) is 25.9 Å². The highest BCUT2D eigenvalue weighted by molar-refractivity contribution is 5.89. The average Bonchev–Trinajstić information content (AvgIpc) is 3.07. The normalized spacial score (nSPS) is 11.7. The molecule has 1 unspecified atom stereocenters. The van der Waals surface area contributed by atoms with Gasteiger partial charge in [0.15, 0.2) is 0 Å². The first-order valence-corrected chi connectivity index (χ1v) is 8.35. The van der Waals surface area contributed by atoms with Crippen molar-refractivity contribution in [3.63, 3.8) is 0 Å². The number of rotatable bonds is 6. The van der Waals surface area contributed by atoms with Crippen LogP contribution in [0.4, 0.5) is 10.5 Å². The van der Waals surface area contributed by atoms with E-state index in [1.165, 1.54) is 6.33 Å². The van der Waals surface area contributed by atoms with Crippen LogP contribution in [0.2, 0.25) is 0 Å². The number of urea groups is 1. The van der Waals surface area contributed by atoms with E-state index in [1.807, 2.05) is 37.3 Å². The highest BCUT2D eigenvalue weighted by Gasteiger charge is 2.09. The van der Waals surface area contributed by atoms with Gasteiger partial charge in [0.25, 0.3) is 0 Å².